The molecule has 6 heteroatoms. The second-order valence-electron chi connectivity index (χ2n) is 4.01. The third-order valence-corrected chi connectivity index (χ3v) is 3.47. The molecule has 0 atom stereocenters. The maximum atomic E-state index is 13.7. The summed E-state index contributed by atoms with van der Waals surface area (Å²) < 4.78 is 14.4. The van der Waals surface area contributed by atoms with Crippen LogP contribution >= 0.6 is 27.5 Å². The van der Waals surface area contributed by atoms with Crippen molar-refractivity contribution in [2.75, 3.05) is 5.32 Å². The predicted octanol–water partition coefficient (Wildman–Crippen LogP) is 3.76. The van der Waals surface area contributed by atoms with E-state index in [9.17, 15) is 4.39 Å². The molecule has 1 aliphatic rings. The number of halogens is 3. The van der Waals surface area contributed by atoms with Crippen LogP contribution in [0.5, 0.6) is 0 Å². The maximum Gasteiger partial charge on any atom is 0.225 e. The molecule has 0 radical (unpaired) electrons. The summed E-state index contributed by atoms with van der Waals surface area (Å²) in [7, 11) is 0. The summed E-state index contributed by atoms with van der Waals surface area (Å²) in [6.45, 7) is 0. The minimum Gasteiger partial charge on any atom is -0.367 e. The van der Waals surface area contributed by atoms with Gasteiger partial charge < -0.3 is 5.32 Å². The highest BCUT2D eigenvalue weighted by atomic mass is 79.9. The van der Waals surface area contributed by atoms with Crippen molar-refractivity contribution in [3.63, 3.8) is 0 Å². The Morgan fingerprint density at radius 1 is 1.35 bits per heavy atom. The van der Waals surface area contributed by atoms with Crippen LogP contribution in [-0.4, -0.2) is 16.0 Å². The lowest BCUT2D eigenvalue weighted by molar-refractivity contribution is 0.636. The molecule has 0 saturated heterocycles. The Morgan fingerprint density at radius 3 is 2.82 bits per heavy atom. The smallest absolute Gasteiger partial charge is 0.225 e. The van der Waals surface area contributed by atoms with Crippen LogP contribution in [0.3, 0.4) is 0 Å². The normalized spacial score (nSPS) is 15.2. The number of benzene rings is 1. The zero-order valence-corrected chi connectivity index (χ0v) is 11.0. The van der Waals surface area contributed by atoms with Crippen molar-refractivity contribution in [2.45, 2.75) is 18.9 Å². The second kappa shape index (κ2) is 4.07. The molecule has 17 heavy (non-hydrogen) atoms. The van der Waals surface area contributed by atoms with Crippen LogP contribution in [0.25, 0.3) is 10.9 Å². The van der Waals surface area contributed by atoms with Gasteiger partial charge in [-0.25, -0.2) is 14.4 Å². The summed E-state index contributed by atoms with van der Waals surface area (Å²) in [5.41, 5.74) is 0.238. The number of hydrogen-bond donors (Lipinski definition) is 1. The lowest BCUT2D eigenvalue weighted by atomic mass is 10.2. The average molecular weight is 317 g/mol. The summed E-state index contributed by atoms with van der Waals surface area (Å²) in [5.74, 6) is 0.195. The van der Waals surface area contributed by atoms with Crippen LogP contribution < -0.4 is 5.32 Å². The molecule has 0 unspecified atom stereocenters. The fourth-order valence-electron chi connectivity index (χ4n) is 1.67. The molecule has 0 amide bonds. The molecule has 1 N–H and O–H groups in total. The first-order valence-corrected chi connectivity index (χ1v) is 6.40. The Morgan fingerprint density at radius 2 is 2.12 bits per heavy atom. The zero-order valence-electron chi connectivity index (χ0n) is 8.67. The number of fused-ring (bicyclic) bond motifs is 1. The molecular formula is C11H8BrClFN3. The first-order valence-electron chi connectivity index (χ1n) is 5.23. The van der Waals surface area contributed by atoms with Gasteiger partial charge in [0.1, 0.15) is 17.2 Å². The molecule has 1 saturated carbocycles. The fourth-order valence-corrected chi connectivity index (χ4v) is 2.34. The monoisotopic (exact) mass is 315 g/mol. The Bertz CT molecular complexity index is 601. The van der Waals surface area contributed by atoms with Gasteiger partial charge in [-0.15, -0.1) is 0 Å². The summed E-state index contributed by atoms with van der Waals surface area (Å²) in [5, 5.41) is 3.93. The molecule has 1 heterocycles. The highest BCUT2D eigenvalue weighted by Crippen LogP contribution is 2.34. The molecule has 0 bridgehead atoms. The summed E-state index contributed by atoms with van der Waals surface area (Å²) in [6.07, 6.45) is 2.21. The summed E-state index contributed by atoms with van der Waals surface area (Å²) >= 11 is 9.19. The van der Waals surface area contributed by atoms with Crippen molar-refractivity contribution in [1.29, 1.82) is 0 Å². The van der Waals surface area contributed by atoms with Gasteiger partial charge in [0, 0.05) is 10.5 Å². The maximum absolute atomic E-state index is 13.7. The Hall–Kier alpha value is -0.940. The molecule has 3 nitrogen and oxygen atoms in total. The van der Waals surface area contributed by atoms with E-state index in [-0.39, 0.29) is 10.8 Å². The topological polar surface area (TPSA) is 37.8 Å². The van der Waals surface area contributed by atoms with Crippen molar-refractivity contribution >= 4 is 44.3 Å². The van der Waals surface area contributed by atoms with E-state index in [1.54, 1.807) is 6.07 Å². The van der Waals surface area contributed by atoms with Crippen LogP contribution in [0.4, 0.5) is 10.2 Å². The van der Waals surface area contributed by atoms with E-state index in [1.807, 2.05) is 0 Å². The molecule has 1 aliphatic carbocycles. The average Bonchev–Trinajstić information content (AvgIpc) is 3.07. The second-order valence-corrected chi connectivity index (χ2v) is 5.21. The van der Waals surface area contributed by atoms with Gasteiger partial charge in [0.2, 0.25) is 5.28 Å². The molecule has 88 valence electrons. The van der Waals surface area contributed by atoms with Crippen LogP contribution in [-0.2, 0) is 0 Å². The first-order chi connectivity index (χ1) is 8.15. The van der Waals surface area contributed by atoms with Crippen LogP contribution in [0.15, 0.2) is 16.6 Å². The van der Waals surface area contributed by atoms with Crippen molar-refractivity contribution in [3.05, 3.63) is 27.7 Å². The van der Waals surface area contributed by atoms with Crippen molar-refractivity contribution in [3.8, 4) is 0 Å². The zero-order chi connectivity index (χ0) is 12.0. The fraction of sp³-hybridized carbons (Fsp3) is 0.273. The Balaban J connectivity index is 2.27. The van der Waals surface area contributed by atoms with E-state index in [2.05, 4.69) is 31.2 Å². The lowest BCUT2D eigenvalue weighted by Gasteiger charge is -2.09. The number of rotatable bonds is 2. The van der Waals surface area contributed by atoms with Gasteiger partial charge in [0.15, 0.2) is 0 Å². The van der Waals surface area contributed by atoms with Crippen LogP contribution in [0.2, 0.25) is 5.28 Å². The van der Waals surface area contributed by atoms with E-state index in [4.69, 9.17) is 11.6 Å². The van der Waals surface area contributed by atoms with Gasteiger partial charge in [-0.2, -0.15) is 0 Å². The molecule has 1 fully saturated rings. The largest absolute Gasteiger partial charge is 0.367 e. The molecule has 0 aliphatic heterocycles. The summed E-state index contributed by atoms with van der Waals surface area (Å²) in [6, 6.07) is 3.42. The van der Waals surface area contributed by atoms with Gasteiger partial charge in [0.05, 0.1) is 5.39 Å². The molecule has 2 aromatic rings. The van der Waals surface area contributed by atoms with Gasteiger partial charge in [-0.3, -0.25) is 0 Å². The quantitative estimate of drug-likeness (QED) is 0.857. The van der Waals surface area contributed by atoms with E-state index >= 15 is 0 Å². The van der Waals surface area contributed by atoms with Gasteiger partial charge in [0.25, 0.3) is 0 Å². The van der Waals surface area contributed by atoms with Gasteiger partial charge in [-0.05, 0) is 52.5 Å². The number of hydrogen-bond acceptors (Lipinski definition) is 3. The van der Waals surface area contributed by atoms with E-state index in [0.717, 1.165) is 17.3 Å². The summed E-state index contributed by atoms with van der Waals surface area (Å²) in [4.78, 5) is 8.06. The molecule has 3 rings (SSSR count). The molecular weight excluding hydrogens is 308 g/mol. The van der Waals surface area contributed by atoms with Crippen molar-refractivity contribution in [1.82, 2.24) is 9.97 Å². The SMILES string of the molecule is Fc1ccc(Br)c2c(NC3CC3)nc(Cl)nc12. The van der Waals surface area contributed by atoms with Gasteiger partial charge >= 0.3 is 0 Å². The lowest BCUT2D eigenvalue weighted by Crippen LogP contribution is -2.05. The highest BCUT2D eigenvalue weighted by molar-refractivity contribution is 9.10. The third-order valence-electron chi connectivity index (χ3n) is 2.64. The Kier molecular flexibility index (Phi) is 2.67. The van der Waals surface area contributed by atoms with Crippen molar-refractivity contribution < 1.29 is 4.39 Å². The number of nitrogens with one attached hydrogen (secondary N) is 1. The number of nitrogens with zero attached hydrogens (tertiary/aromatic N) is 2. The molecule has 1 aromatic heterocycles. The molecule has 1 aromatic carbocycles. The van der Waals surface area contributed by atoms with Crippen molar-refractivity contribution in [2.24, 2.45) is 0 Å². The standard InChI is InChI=1S/C11H8BrClFN3/c12-6-3-4-7(14)9-8(6)10(15-5-1-2-5)17-11(13)16-9/h3-5H,1-2H2,(H,15,16,17). The van der Waals surface area contributed by atoms with Crippen LogP contribution in [0, 0.1) is 5.82 Å². The van der Waals surface area contributed by atoms with Crippen LogP contribution in [0.1, 0.15) is 12.8 Å². The highest BCUT2D eigenvalue weighted by Gasteiger charge is 2.23. The van der Waals surface area contributed by atoms with E-state index in [0.29, 0.717) is 17.2 Å². The van der Waals surface area contributed by atoms with Gasteiger partial charge in [-0.1, -0.05) is 0 Å². The third kappa shape index (κ3) is 2.09. The predicted molar refractivity (Wildman–Crippen MR) is 68.9 cm³/mol. The minimum atomic E-state index is -0.397. The minimum absolute atomic E-state index is 0.0534. The molecule has 0 spiro atoms. The Labute approximate surface area is 111 Å². The first kappa shape index (κ1) is 11.2. The number of aromatic nitrogens is 2. The van der Waals surface area contributed by atoms with E-state index in [1.165, 1.54) is 6.07 Å². The number of anilines is 1. The van der Waals surface area contributed by atoms with E-state index < -0.39 is 5.82 Å².